The molecule has 5 N–H and O–H groups in total. The molecule has 108 valence electrons. The molecule has 3 rings (SSSR count). The zero-order valence-electron chi connectivity index (χ0n) is 11.4. The summed E-state index contributed by atoms with van der Waals surface area (Å²) in [4.78, 5) is 11.2. The summed E-state index contributed by atoms with van der Waals surface area (Å²) in [7, 11) is 0. The lowest BCUT2D eigenvalue weighted by Crippen LogP contribution is -2.13. The van der Waals surface area contributed by atoms with Gasteiger partial charge in [0.2, 0.25) is 5.91 Å². The Hall–Kier alpha value is -2.56. The summed E-state index contributed by atoms with van der Waals surface area (Å²) in [5.41, 5.74) is 14.6. The second-order valence-electron chi connectivity index (χ2n) is 5.25. The van der Waals surface area contributed by atoms with Crippen molar-refractivity contribution < 1.29 is 9.18 Å². The highest BCUT2D eigenvalue weighted by molar-refractivity contribution is 5.93. The van der Waals surface area contributed by atoms with E-state index in [4.69, 9.17) is 11.5 Å². The fourth-order valence-electron chi connectivity index (χ4n) is 2.76. The van der Waals surface area contributed by atoms with Gasteiger partial charge in [0.15, 0.2) is 0 Å². The lowest BCUT2D eigenvalue weighted by molar-refractivity contribution is 0.100. The molecular formula is C16H16FN3O. The Morgan fingerprint density at radius 2 is 2.05 bits per heavy atom. The molecule has 4 nitrogen and oxygen atoms in total. The molecular weight excluding hydrogens is 269 g/mol. The normalized spacial score (nSPS) is 16.5. The van der Waals surface area contributed by atoms with E-state index in [0.717, 1.165) is 24.1 Å². The Labute approximate surface area is 121 Å². The van der Waals surface area contributed by atoms with Crippen LogP contribution in [0.4, 0.5) is 15.8 Å². The summed E-state index contributed by atoms with van der Waals surface area (Å²) in [6.07, 6.45) is 1.76. The standard InChI is InChI=1S/C16H16FN3O/c17-13-5-1-10(16(19)21)8-15(13)20-14-6-2-9-7-11(18)3-4-12(9)14/h1,3-5,7-8,14,20H,2,6,18H2,(H2,19,21). The van der Waals surface area contributed by atoms with Crippen molar-refractivity contribution in [1.29, 1.82) is 0 Å². The van der Waals surface area contributed by atoms with Crippen LogP contribution in [0.2, 0.25) is 0 Å². The highest BCUT2D eigenvalue weighted by Crippen LogP contribution is 2.35. The maximum Gasteiger partial charge on any atom is 0.248 e. The van der Waals surface area contributed by atoms with Gasteiger partial charge in [0.1, 0.15) is 5.82 Å². The van der Waals surface area contributed by atoms with Crippen molar-refractivity contribution in [3.05, 3.63) is 58.9 Å². The van der Waals surface area contributed by atoms with Crippen LogP contribution in [-0.2, 0) is 6.42 Å². The number of nitrogens with two attached hydrogens (primary N) is 2. The van der Waals surface area contributed by atoms with Crippen LogP contribution in [0.15, 0.2) is 36.4 Å². The average Bonchev–Trinajstić information content (AvgIpc) is 2.83. The molecule has 1 aliphatic carbocycles. The number of hydrogen-bond donors (Lipinski definition) is 3. The summed E-state index contributed by atoms with van der Waals surface area (Å²) in [6, 6.07) is 9.85. The summed E-state index contributed by atoms with van der Waals surface area (Å²) in [5.74, 6) is -0.971. The molecule has 1 atom stereocenters. The van der Waals surface area contributed by atoms with Crippen LogP contribution in [0.1, 0.15) is 33.9 Å². The third-order valence-electron chi connectivity index (χ3n) is 3.83. The number of nitrogens with one attached hydrogen (secondary N) is 1. The molecule has 5 heteroatoms. The second kappa shape index (κ2) is 5.09. The monoisotopic (exact) mass is 285 g/mol. The SMILES string of the molecule is NC(=O)c1ccc(F)c(NC2CCc3cc(N)ccc32)c1. The Morgan fingerprint density at radius 3 is 2.81 bits per heavy atom. The minimum atomic E-state index is -0.572. The van der Waals surface area contributed by atoms with Gasteiger partial charge in [0.25, 0.3) is 0 Å². The molecule has 0 aliphatic heterocycles. The predicted octanol–water partition coefficient (Wildman–Crippen LogP) is 2.61. The topological polar surface area (TPSA) is 81.1 Å². The Morgan fingerprint density at radius 1 is 1.24 bits per heavy atom. The number of carbonyl (C=O) groups is 1. The fraction of sp³-hybridized carbons (Fsp3) is 0.188. The van der Waals surface area contributed by atoms with E-state index in [-0.39, 0.29) is 11.6 Å². The first-order valence-corrected chi connectivity index (χ1v) is 6.79. The van der Waals surface area contributed by atoms with E-state index in [0.29, 0.717) is 5.69 Å². The van der Waals surface area contributed by atoms with Crippen LogP contribution in [0.3, 0.4) is 0 Å². The molecule has 0 radical (unpaired) electrons. The average molecular weight is 285 g/mol. The van der Waals surface area contributed by atoms with Crippen LogP contribution in [0.5, 0.6) is 0 Å². The van der Waals surface area contributed by atoms with Gasteiger partial charge in [-0.15, -0.1) is 0 Å². The van der Waals surface area contributed by atoms with Gasteiger partial charge in [0.05, 0.1) is 11.7 Å². The van der Waals surface area contributed by atoms with E-state index in [1.165, 1.54) is 23.8 Å². The summed E-state index contributed by atoms with van der Waals surface area (Å²) >= 11 is 0. The maximum atomic E-state index is 13.9. The van der Waals surface area contributed by atoms with Gasteiger partial charge in [-0.05, 0) is 54.3 Å². The number of nitrogen functional groups attached to an aromatic ring is 1. The lowest BCUT2D eigenvalue weighted by Gasteiger charge is -2.17. The van der Waals surface area contributed by atoms with Gasteiger partial charge in [-0.2, -0.15) is 0 Å². The van der Waals surface area contributed by atoms with Gasteiger partial charge in [-0.25, -0.2) is 4.39 Å². The number of benzene rings is 2. The van der Waals surface area contributed by atoms with Crippen LogP contribution in [0.25, 0.3) is 0 Å². The molecule has 1 aliphatic rings. The minimum Gasteiger partial charge on any atom is -0.399 e. The number of anilines is 2. The number of aryl methyl sites for hydroxylation is 1. The van der Waals surface area contributed by atoms with Crippen LogP contribution in [0, 0.1) is 5.82 Å². The van der Waals surface area contributed by atoms with Crippen molar-refractivity contribution in [2.75, 3.05) is 11.1 Å². The number of halogens is 1. The number of primary amides is 1. The van der Waals surface area contributed by atoms with E-state index in [9.17, 15) is 9.18 Å². The quantitative estimate of drug-likeness (QED) is 0.758. The summed E-state index contributed by atoms with van der Waals surface area (Å²) in [5, 5.41) is 3.16. The second-order valence-corrected chi connectivity index (χ2v) is 5.25. The highest BCUT2D eigenvalue weighted by Gasteiger charge is 2.23. The van der Waals surface area contributed by atoms with Crippen molar-refractivity contribution in [2.24, 2.45) is 5.73 Å². The maximum absolute atomic E-state index is 13.9. The Balaban J connectivity index is 1.89. The first-order chi connectivity index (χ1) is 10.0. The molecule has 0 bridgehead atoms. The molecule has 1 unspecified atom stereocenters. The molecule has 2 aromatic rings. The van der Waals surface area contributed by atoms with E-state index >= 15 is 0 Å². The zero-order valence-corrected chi connectivity index (χ0v) is 11.4. The molecule has 0 fully saturated rings. The zero-order chi connectivity index (χ0) is 15.0. The smallest absolute Gasteiger partial charge is 0.248 e. The van der Waals surface area contributed by atoms with Gasteiger partial charge < -0.3 is 16.8 Å². The molecule has 1 amide bonds. The summed E-state index contributed by atoms with van der Waals surface area (Å²) in [6.45, 7) is 0. The van der Waals surface area contributed by atoms with Crippen molar-refractivity contribution >= 4 is 17.3 Å². The first-order valence-electron chi connectivity index (χ1n) is 6.79. The molecule has 0 saturated heterocycles. The van der Waals surface area contributed by atoms with Crippen molar-refractivity contribution in [3.63, 3.8) is 0 Å². The van der Waals surface area contributed by atoms with E-state index in [1.807, 2.05) is 18.2 Å². The van der Waals surface area contributed by atoms with Crippen molar-refractivity contribution in [1.82, 2.24) is 0 Å². The number of fused-ring (bicyclic) bond motifs is 1. The number of rotatable bonds is 3. The van der Waals surface area contributed by atoms with E-state index in [2.05, 4.69) is 5.32 Å². The fourth-order valence-corrected chi connectivity index (χ4v) is 2.76. The molecule has 0 saturated carbocycles. The first kappa shape index (κ1) is 13.4. The molecule has 0 heterocycles. The molecule has 0 spiro atoms. The molecule has 2 aromatic carbocycles. The lowest BCUT2D eigenvalue weighted by atomic mass is 10.1. The summed E-state index contributed by atoms with van der Waals surface area (Å²) < 4.78 is 13.9. The van der Waals surface area contributed by atoms with E-state index in [1.54, 1.807) is 0 Å². The Bertz CT molecular complexity index is 715. The van der Waals surface area contributed by atoms with E-state index < -0.39 is 11.7 Å². The predicted molar refractivity (Wildman–Crippen MR) is 80.5 cm³/mol. The molecule has 0 aromatic heterocycles. The number of hydrogen-bond acceptors (Lipinski definition) is 3. The van der Waals surface area contributed by atoms with Crippen LogP contribution in [-0.4, -0.2) is 5.91 Å². The third kappa shape index (κ3) is 2.54. The molecule has 21 heavy (non-hydrogen) atoms. The number of carbonyl (C=O) groups excluding carboxylic acids is 1. The van der Waals surface area contributed by atoms with Crippen LogP contribution < -0.4 is 16.8 Å². The minimum absolute atomic E-state index is 0.0122. The van der Waals surface area contributed by atoms with Gasteiger partial charge in [-0.1, -0.05) is 6.07 Å². The van der Waals surface area contributed by atoms with Crippen molar-refractivity contribution in [2.45, 2.75) is 18.9 Å². The Kier molecular flexibility index (Phi) is 3.25. The van der Waals surface area contributed by atoms with Crippen molar-refractivity contribution in [3.8, 4) is 0 Å². The van der Waals surface area contributed by atoms with Gasteiger partial charge in [0, 0.05) is 11.3 Å². The highest BCUT2D eigenvalue weighted by atomic mass is 19.1. The van der Waals surface area contributed by atoms with Gasteiger partial charge >= 0.3 is 0 Å². The number of amides is 1. The van der Waals surface area contributed by atoms with Crippen LogP contribution >= 0.6 is 0 Å². The third-order valence-corrected chi connectivity index (χ3v) is 3.83. The van der Waals surface area contributed by atoms with Gasteiger partial charge in [-0.3, -0.25) is 4.79 Å². The largest absolute Gasteiger partial charge is 0.399 e.